The quantitative estimate of drug-likeness (QED) is 0.791. The summed E-state index contributed by atoms with van der Waals surface area (Å²) in [6.07, 6.45) is 2.43. The molecule has 0 aromatic heterocycles. The molecule has 103 valence electrons. The van der Waals surface area contributed by atoms with Crippen molar-refractivity contribution in [3.05, 3.63) is 71.3 Å². The fourth-order valence-corrected chi connectivity index (χ4v) is 3.27. The van der Waals surface area contributed by atoms with Crippen LogP contribution in [-0.2, 0) is 0 Å². The zero-order valence-corrected chi connectivity index (χ0v) is 12.1. The maximum atomic E-state index is 4.51. The van der Waals surface area contributed by atoms with Gasteiger partial charge in [0.2, 0.25) is 0 Å². The molecule has 1 aliphatic rings. The molecule has 0 bridgehead atoms. The summed E-state index contributed by atoms with van der Waals surface area (Å²) in [5.41, 5.74) is 4.23. The third kappa shape index (κ3) is 2.94. The van der Waals surface area contributed by atoms with Crippen LogP contribution in [-0.4, -0.2) is 13.1 Å². The number of hydrogen-bond acceptors (Lipinski definition) is 0. The van der Waals surface area contributed by atoms with E-state index in [0.29, 0.717) is 5.92 Å². The van der Waals surface area contributed by atoms with Gasteiger partial charge in [0.15, 0.2) is 0 Å². The lowest BCUT2D eigenvalue weighted by atomic mass is 9.76. The van der Waals surface area contributed by atoms with Gasteiger partial charge in [0.05, 0.1) is 0 Å². The Balaban J connectivity index is 1.96. The fraction of sp³-hybridized carbons (Fsp3) is 0.368. The largest absolute Gasteiger partial charge is 0.242 e. The van der Waals surface area contributed by atoms with E-state index in [0.717, 1.165) is 19.0 Å². The van der Waals surface area contributed by atoms with Crippen molar-refractivity contribution in [3.63, 3.8) is 0 Å². The maximum absolute atomic E-state index is 4.51. The molecule has 20 heavy (non-hydrogen) atoms. The highest BCUT2D eigenvalue weighted by Crippen LogP contribution is 2.36. The van der Waals surface area contributed by atoms with Gasteiger partial charge in [-0.1, -0.05) is 60.2 Å². The van der Waals surface area contributed by atoms with Crippen LogP contribution in [0.5, 0.6) is 0 Å². The highest BCUT2D eigenvalue weighted by Gasteiger charge is 2.26. The van der Waals surface area contributed by atoms with Crippen molar-refractivity contribution in [2.24, 2.45) is 5.92 Å². The third-order valence-corrected chi connectivity index (χ3v) is 4.38. The minimum absolute atomic E-state index is 0.521. The molecule has 1 heterocycles. The summed E-state index contributed by atoms with van der Waals surface area (Å²) >= 11 is 0. The number of benzene rings is 2. The van der Waals surface area contributed by atoms with Gasteiger partial charge in [-0.2, -0.15) is 0 Å². The molecule has 0 N–H and O–H groups in total. The van der Waals surface area contributed by atoms with Gasteiger partial charge in [-0.25, -0.2) is 5.32 Å². The van der Waals surface area contributed by atoms with Crippen LogP contribution >= 0.6 is 0 Å². The summed E-state index contributed by atoms with van der Waals surface area (Å²) in [5.74, 6) is 1.24. The molecule has 1 aliphatic heterocycles. The molecule has 0 amide bonds. The molecule has 1 nitrogen and oxygen atoms in total. The Bertz CT molecular complexity index is 523. The number of piperidine rings is 1. The first-order valence-electron chi connectivity index (χ1n) is 7.59. The Morgan fingerprint density at radius 2 is 1.45 bits per heavy atom. The standard InChI is InChI=1S/C19H22N/c1-15-7-9-17(10-8-15)19(16-5-3-2-4-6-16)18-11-13-20-14-12-18/h2-10,18-19H,11-14H2,1H3. The summed E-state index contributed by atoms with van der Waals surface area (Å²) in [4.78, 5) is 0. The lowest BCUT2D eigenvalue weighted by Gasteiger charge is -2.31. The first-order chi connectivity index (χ1) is 9.84. The van der Waals surface area contributed by atoms with E-state index in [2.05, 4.69) is 66.8 Å². The molecule has 1 heteroatoms. The average Bonchev–Trinajstić information content (AvgIpc) is 2.52. The molecule has 1 unspecified atom stereocenters. The second-order valence-electron chi connectivity index (χ2n) is 5.81. The number of rotatable bonds is 3. The second-order valence-corrected chi connectivity index (χ2v) is 5.81. The minimum Gasteiger partial charge on any atom is -0.242 e. The van der Waals surface area contributed by atoms with Gasteiger partial charge >= 0.3 is 0 Å². The number of nitrogens with zero attached hydrogens (tertiary/aromatic N) is 1. The minimum atomic E-state index is 0.521. The van der Waals surface area contributed by atoms with Crippen molar-refractivity contribution in [1.29, 1.82) is 0 Å². The molecule has 1 fully saturated rings. The van der Waals surface area contributed by atoms with Gasteiger partial charge in [0, 0.05) is 19.0 Å². The maximum Gasteiger partial charge on any atom is 0.0136 e. The molecule has 1 atom stereocenters. The van der Waals surface area contributed by atoms with Crippen LogP contribution in [0.4, 0.5) is 0 Å². The van der Waals surface area contributed by atoms with E-state index in [1.165, 1.54) is 29.5 Å². The molecule has 1 saturated heterocycles. The zero-order chi connectivity index (χ0) is 13.8. The smallest absolute Gasteiger partial charge is 0.0136 e. The summed E-state index contributed by atoms with van der Waals surface area (Å²) in [6.45, 7) is 4.21. The Hall–Kier alpha value is -1.60. The summed E-state index contributed by atoms with van der Waals surface area (Å²) < 4.78 is 0. The lowest BCUT2D eigenvalue weighted by Crippen LogP contribution is -2.27. The summed E-state index contributed by atoms with van der Waals surface area (Å²) in [6, 6.07) is 20.0. The molecule has 3 rings (SSSR count). The normalized spacial score (nSPS) is 17.9. The van der Waals surface area contributed by atoms with E-state index in [9.17, 15) is 0 Å². The summed E-state index contributed by atoms with van der Waals surface area (Å²) in [7, 11) is 0. The van der Waals surface area contributed by atoms with Crippen LogP contribution in [0.2, 0.25) is 0 Å². The van der Waals surface area contributed by atoms with E-state index in [-0.39, 0.29) is 0 Å². The van der Waals surface area contributed by atoms with Crippen molar-refractivity contribution in [3.8, 4) is 0 Å². The number of hydrogen-bond donors (Lipinski definition) is 0. The van der Waals surface area contributed by atoms with E-state index in [1.807, 2.05) is 0 Å². The van der Waals surface area contributed by atoms with Crippen molar-refractivity contribution in [2.45, 2.75) is 25.7 Å². The summed E-state index contributed by atoms with van der Waals surface area (Å²) in [5, 5.41) is 4.51. The first kappa shape index (κ1) is 13.4. The van der Waals surface area contributed by atoms with Crippen LogP contribution in [0.15, 0.2) is 54.6 Å². The van der Waals surface area contributed by atoms with Crippen molar-refractivity contribution < 1.29 is 0 Å². The lowest BCUT2D eigenvalue weighted by molar-refractivity contribution is 0.338. The predicted molar refractivity (Wildman–Crippen MR) is 84.1 cm³/mol. The Morgan fingerprint density at radius 1 is 0.850 bits per heavy atom. The van der Waals surface area contributed by atoms with E-state index >= 15 is 0 Å². The molecular weight excluding hydrogens is 242 g/mol. The average molecular weight is 264 g/mol. The topological polar surface area (TPSA) is 14.1 Å². The van der Waals surface area contributed by atoms with Gasteiger partial charge in [-0.05, 0) is 36.8 Å². The first-order valence-corrected chi connectivity index (χ1v) is 7.59. The van der Waals surface area contributed by atoms with Crippen molar-refractivity contribution in [1.82, 2.24) is 5.32 Å². The molecule has 0 aliphatic carbocycles. The van der Waals surface area contributed by atoms with Crippen LogP contribution in [0.25, 0.3) is 0 Å². The van der Waals surface area contributed by atoms with Crippen LogP contribution in [0, 0.1) is 12.8 Å². The monoisotopic (exact) mass is 264 g/mol. The molecule has 0 spiro atoms. The molecule has 2 aromatic rings. The van der Waals surface area contributed by atoms with E-state index in [1.54, 1.807) is 0 Å². The fourth-order valence-electron chi connectivity index (χ4n) is 3.27. The second kappa shape index (κ2) is 6.23. The Morgan fingerprint density at radius 3 is 2.10 bits per heavy atom. The van der Waals surface area contributed by atoms with E-state index in [4.69, 9.17) is 0 Å². The molecule has 1 radical (unpaired) electrons. The zero-order valence-electron chi connectivity index (χ0n) is 12.1. The Kier molecular flexibility index (Phi) is 4.17. The van der Waals surface area contributed by atoms with Gasteiger partial charge in [0.25, 0.3) is 0 Å². The molecule has 0 saturated carbocycles. The highest BCUT2D eigenvalue weighted by molar-refractivity contribution is 5.35. The van der Waals surface area contributed by atoms with Gasteiger partial charge in [0.1, 0.15) is 0 Å². The molecule has 2 aromatic carbocycles. The molecular formula is C19H22N. The highest BCUT2D eigenvalue weighted by atomic mass is 14.9. The van der Waals surface area contributed by atoms with Crippen LogP contribution in [0.3, 0.4) is 0 Å². The van der Waals surface area contributed by atoms with Crippen molar-refractivity contribution in [2.75, 3.05) is 13.1 Å². The SMILES string of the molecule is Cc1ccc(C(c2ccccc2)C2CC[N]CC2)cc1. The Labute approximate surface area is 122 Å². The van der Waals surface area contributed by atoms with E-state index < -0.39 is 0 Å². The third-order valence-electron chi connectivity index (χ3n) is 4.38. The number of aryl methyl sites for hydroxylation is 1. The van der Waals surface area contributed by atoms with Crippen LogP contribution in [0.1, 0.15) is 35.4 Å². The van der Waals surface area contributed by atoms with Gasteiger partial charge in [-0.3, -0.25) is 0 Å². The van der Waals surface area contributed by atoms with Crippen LogP contribution < -0.4 is 5.32 Å². The van der Waals surface area contributed by atoms with Gasteiger partial charge in [-0.15, -0.1) is 0 Å². The van der Waals surface area contributed by atoms with Gasteiger partial charge < -0.3 is 0 Å². The van der Waals surface area contributed by atoms with Crippen molar-refractivity contribution >= 4 is 0 Å². The predicted octanol–water partition coefficient (Wildman–Crippen LogP) is 4.14.